The molecule has 0 saturated carbocycles. The quantitative estimate of drug-likeness (QED) is 0.174. The van der Waals surface area contributed by atoms with E-state index in [9.17, 15) is 5.11 Å². The number of para-hydroxylation sites is 2. The van der Waals surface area contributed by atoms with E-state index in [1.165, 1.54) is 11.1 Å². The van der Waals surface area contributed by atoms with Gasteiger partial charge in [-0.1, -0.05) is 146 Å². The maximum Gasteiger partial charge on any atom is 0.147 e. The molecule has 0 fully saturated rings. The minimum atomic E-state index is -0.226. The SMILES string of the molecule is CC(C)(C)c1cc(-c2cc(C(C)(C)C)cc3nccnc23)[c-]c(-c2nc3c(-c4c(O)ccc5c4oc4ccccc45)cccc3n2-c2ccc(C(C)(C)C)cc2-c2ccccc2)c1.[Pt]. The predicted molar refractivity (Wildman–Crippen MR) is 260 cm³/mol. The van der Waals surface area contributed by atoms with Crippen LogP contribution in [0.4, 0.5) is 0 Å². The van der Waals surface area contributed by atoms with Crippen molar-refractivity contribution in [1.82, 2.24) is 19.5 Å². The minimum absolute atomic E-state index is 0. The van der Waals surface area contributed by atoms with Crippen LogP contribution in [0.2, 0.25) is 0 Å². The van der Waals surface area contributed by atoms with E-state index in [2.05, 4.69) is 164 Å². The van der Waals surface area contributed by atoms with Gasteiger partial charge in [-0.05, 0) is 75.4 Å². The van der Waals surface area contributed by atoms with Crippen LogP contribution in [0.1, 0.15) is 79.0 Å². The van der Waals surface area contributed by atoms with E-state index < -0.39 is 0 Å². The molecule has 6 nitrogen and oxygen atoms in total. The Balaban J connectivity index is 0.00000518. The van der Waals surface area contributed by atoms with Gasteiger partial charge in [0.2, 0.25) is 0 Å². The Morgan fingerprint density at radius 3 is 1.98 bits per heavy atom. The fourth-order valence-electron chi connectivity index (χ4n) is 8.79. The fraction of sp³-hybridized carbons (Fsp3) is 0.211. The molecule has 7 aromatic carbocycles. The summed E-state index contributed by atoms with van der Waals surface area (Å²) in [4.78, 5) is 15.4. The van der Waals surface area contributed by atoms with Crippen molar-refractivity contribution in [2.75, 3.05) is 0 Å². The molecule has 64 heavy (non-hydrogen) atoms. The molecule has 0 aliphatic heterocycles. The number of rotatable bonds is 5. The van der Waals surface area contributed by atoms with Gasteiger partial charge in [0.05, 0.1) is 33.5 Å². The van der Waals surface area contributed by atoms with Crippen LogP contribution in [0.5, 0.6) is 5.75 Å². The zero-order chi connectivity index (χ0) is 44.0. The number of aromatic hydroxyl groups is 1. The normalized spacial score (nSPS) is 12.4. The van der Waals surface area contributed by atoms with Crippen molar-refractivity contribution in [3.05, 3.63) is 163 Å². The summed E-state index contributed by atoms with van der Waals surface area (Å²) in [5, 5.41) is 13.7. The first-order valence-electron chi connectivity index (χ1n) is 21.7. The van der Waals surface area contributed by atoms with Crippen molar-refractivity contribution in [3.8, 4) is 56.2 Å². The third-order valence-electron chi connectivity index (χ3n) is 12.4. The van der Waals surface area contributed by atoms with E-state index in [-0.39, 0.29) is 43.1 Å². The van der Waals surface area contributed by atoms with Gasteiger partial charge >= 0.3 is 0 Å². The molecule has 322 valence electrons. The predicted octanol–water partition coefficient (Wildman–Crippen LogP) is 14.9. The number of nitrogens with zero attached hydrogens (tertiary/aromatic N) is 4. The molecule has 0 radical (unpaired) electrons. The van der Waals surface area contributed by atoms with Crippen molar-refractivity contribution in [2.24, 2.45) is 0 Å². The topological polar surface area (TPSA) is 77.0 Å². The molecule has 0 spiro atoms. The van der Waals surface area contributed by atoms with Crippen molar-refractivity contribution in [1.29, 1.82) is 0 Å². The van der Waals surface area contributed by atoms with E-state index in [1.54, 1.807) is 18.5 Å². The van der Waals surface area contributed by atoms with Crippen LogP contribution in [0.3, 0.4) is 0 Å². The monoisotopic (exact) mass is 1020 g/mol. The summed E-state index contributed by atoms with van der Waals surface area (Å²) < 4.78 is 8.86. The van der Waals surface area contributed by atoms with Gasteiger partial charge in [0.1, 0.15) is 16.9 Å². The Kier molecular flexibility index (Phi) is 10.5. The van der Waals surface area contributed by atoms with Gasteiger partial charge in [0, 0.05) is 61.0 Å². The third kappa shape index (κ3) is 7.42. The Bertz CT molecular complexity index is 3410. The molecule has 10 aromatic rings. The Morgan fingerprint density at radius 2 is 1.23 bits per heavy atom. The molecule has 3 aromatic heterocycles. The van der Waals surface area contributed by atoms with Crippen LogP contribution in [-0.2, 0) is 37.3 Å². The zero-order valence-electron chi connectivity index (χ0n) is 37.7. The molecular weight excluding hydrogens is 968 g/mol. The first kappa shape index (κ1) is 42.9. The van der Waals surface area contributed by atoms with Crippen LogP contribution < -0.4 is 0 Å². The summed E-state index contributed by atoms with van der Waals surface area (Å²) in [5.74, 6) is 0.851. The van der Waals surface area contributed by atoms with E-state index in [1.807, 2.05) is 30.3 Å². The van der Waals surface area contributed by atoms with E-state index in [0.717, 1.165) is 88.9 Å². The Labute approximate surface area is 389 Å². The first-order chi connectivity index (χ1) is 30.0. The van der Waals surface area contributed by atoms with Crippen molar-refractivity contribution >= 4 is 44.0 Å². The molecular formula is C57H51N4O2Pt-. The second-order valence-electron chi connectivity index (χ2n) is 19.9. The molecule has 0 bridgehead atoms. The summed E-state index contributed by atoms with van der Waals surface area (Å²) >= 11 is 0. The van der Waals surface area contributed by atoms with Crippen LogP contribution in [0.15, 0.2) is 144 Å². The standard InChI is InChI=1S/C57H51N4O2.Pt/c1-55(2,3)37-22-24-46(43(31-37)34-16-11-10-12-17-34)61-47-20-15-19-42(50-48(62)25-23-41-40-18-13-14-21-49(40)63-53(41)50)52(47)60-54(61)36-28-35(29-38(30-36)56(4,5)6)44-32-39(57(7,8)9)33-45-51(44)59-27-26-58-45;/h10-27,29-33,62H,1-9H3;/q-1;. The first-order valence-corrected chi connectivity index (χ1v) is 21.7. The molecule has 10 rings (SSSR count). The fourth-order valence-corrected chi connectivity index (χ4v) is 8.79. The van der Waals surface area contributed by atoms with Crippen LogP contribution >= 0.6 is 0 Å². The smallest absolute Gasteiger partial charge is 0.147 e. The van der Waals surface area contributed by atoms with Gasteiger partial charge in [-0.15, -0.1) is 29.3 Å². The number of furan rings is 1. The number of fused-ring (bicyclic) bond motifs is 5. The second-order valence-corrected chi connectivity index (χ2v) is 19.9. The van der Waals surface area contributed by atoms with E-state index >= 15 is 0 Å². The summed E-state index contributed by atoms with van der Waals surface area (Å²) in [6.45, 7) is 20.2. The van der Waals surface area contributed by atoms with E-state index in [0.29, 0.717) is 11.1 Å². The van der Waals surface area contributed by atoms with E-state index in [4.69, 9.17) is 19.4 Å². The van der Waals surface area contributed by atoms with Crippen LogP contribution in [0, 0.1) is 6.07 Å². The number of hydrogen-bond donors (Lipinski definition) is 1. The molecule has 0 aliphatic rings. The number of benzene rings is 7. The van der Waals surface area contributed by atoms with Gasteiger partial charge in [-0.25, -0.2) is 0 Å². The van der Waals surface area contributed by atoms with Crippen molar-refractivity contribution in [3.63, 3.8) is 0 Å². The summed E-state index contributed by atoms with van der Waals surface area (Å²) in [5.41, 5.74) is 15.0. The minimum Gasteiger partial charge on any atom is -0.507 e. The molecule has 3 heterocycles. The summed E-state index contributed by atoms with van der Waals surface area (Å²) in [7, 11) is 0. The average Bonchev–Trinajstić information content (AvgIpc) is 3.84. The molecule has 1 N–H and O–H groups in total. The maximum atomic E-state index is 11.8. The maximum absolute atomic E-state index is 11.8. The molecule has 0 unspecified atom stereocenters. The number of phenolic OH excluding ortho intramolecular Hbond substituents is 1. The number of phenols is 1. The zero-order valence-corrected chi connectivity index (χ0v) is 40.0. The molecule has 0 amide bonds. The van der Waals surface area contributed by atoms with Crippen LogP contribution in [0.25, 0.3) is 94.5 Å². The molecule has 0 aliphatic carbocycles. The summed E-state index contributed by atoms with van der Waals surface area (Å²) in [6, 6.07) is 48.2. The molecule has 0 saturated heterocycles. The molecule has 7 heteroatoms. The third-order valence-corrected chi connectivity index (χ3v) is 12.4. The Morgan fingerprint density at radius 1 is 0.562 bits per heavy atom. The average molecular weight is 1020 g/mol. The molecule has 0 atom stereocenters. The number of imidazole rings is 1. The Hall–Kier alpha value is -6.36. The van der Waals surface area contributed by atoms with Gasteiger partial charge < -0.3 is 14.1 Å². The summed E-state index contributed by atoms with van der Waals surface area (Å²) in [6.07, 6.45) is 3.53. The van der Waals surface area contributed by atoms with Gasteiger partial charge in [-0.2, -0.15) is 0 Å². The van der Waals surface area contributed by atoms with Crippen LogP contribution in [-0.4, -0.2) is 24.6 Å². The van der Waals surface area contributed by atoms with Gasteiger partial charge in [0.15, 0.2) is 0 Å². The largest absolute Gasteiger partial charge is 0.507 e. The number of hydrogen-bond acceptors (Lipinski definition) is 5. The van der Waals surface area contributed by atoms with Gasteiger partial charge in [-0.3, -0.25) is 15.0 Å². The van der Waals surface area contributed by atoms with Crippen molar-refractivity contribution < 1.29 is 30.6 Å². The van der Waals surface area contributed by atoms with Gasteiger partial charge in [0.25, 0.3) is 0 Å². The second kappa shape index (κ2) is 15.7. The number of aromatic nitrogens is 4. The van der Waals surface area contributed by atoms with Crippen molar-refractivity contribution in [2.45, 2.75) is 78.6 Å².